The molecule has 2 saturated heterocycles. The number of aromatic nitrogens is 1. The molecule has 43 heavy (non-hydrogen) atoms. The lowest BCUT2D eigenvalue weighted by atomic mass is 9.74. The number of ether oxygens (including phenoxy) is 2. The van der Waals surface area contributed by atoms with Crippen molar-refractivity contribution in [1.82, 2.24) is 14.8 Å². The Morgan fingerprint density at radius 3 is 2.35 bits per heavy atom. The van der Waals surface area contributed by atoms with E-state index in [2.05, 4.69) is 9.80 Å². The van der Waals surface area contributed by atoms with Crippen LogP contribution in [-0.2, 0) is 28.9 Å². The van der Waals surface area contributed by atoms with Crippen LogP contribution in [0.2, 0.25) is 0 Å². The molecule has 3 heterocycles. The van der Waals surface area contributed by atoms with E-state index in [1.807, 2.05) is 24.4 Å². The SMILES string of the molecule is COc1ccc2ncc(CN3CCOCC3)c(CCCC3(C(=O)O)CCN(CCCc4c(F)cc(F)cc4F)CC3)c2c1. The standard InChI is InChI=1S/C33H40F3N3O4/c1-42-25-6-7-31-28(20-25)26(23(21-37-31)22-39-14-16-43-17-15-39)4-2-8-33(32(40)41)9-12-38(13-10-33)11-3-5-27-29(35)18-24(34)19-30(27)36/h6-7,18-21H,2-5,8-17,22H2,1H3,(H,40,41). The second kappa shape index (κ2) is 14.1. The van der Waals surface area contributed by atoms with E-state index in [1.165, 1.54) is 5.56 Å². The van der Waals surface area contributed by atoms with Gasteiger partial charge in [0.1, 0.15) is 23.2 Å². The third-order valence-electron chi connectivity index (χ3n) is 9.13. The monoisotopic (exact) mass is 599 g/mol. The van der Waals surface area contributed by atoms with Crippen LogP contribution < -0.4 is 4.74 Å². The minimum Gasteiger partial charge on any atom is -0.497 e. The zero-order valence-corrected chi connectivity index (χ0v) is 24.7. The normalized spacial score (nSPS) is 17.8. The van der Waals surface area contributed by atoms with Crippen molar-refractivity contribution in [2.45, 2.75) is 51.5 Å². The molecule has 2 aliphatic rings. The van der Waals surface area contributed by atoms with Crippen LogP contribution in [0.5, 0.6) is 5.75 Å². The molecule has 232 valence electrons. The number of carboxylic acids is 1. The molecule has 2 aliphatic heterocycles. The molecular weight excluding hydrogens is 559 g/mol. The van der Waals surface area contributed by atoms with Crippen LogP contribution in [0.25, 0.3) is 10.9 Å². The van der Waals surface area contributed by atoms with Gasteiger partial charge in [0.2, 0.25) is 0 Å². The number of hydrogen-bond acceptors (Lipinski definition) is 6. The fraction of sp³-hybridized carbons (Fsp3) is 0.515. The van der Waals surface area contributed by atoms with Crippen molar-refractivity contribution < 1.29 is 32.5 Å². The quantitative estimate of drug-likeness (QED) is 0.290. The third-order valence-corrected chi connectivity index (χ3v) is 9.13. The van der Waals surface area contributed by atoms with Gasteiger partial charge in [0.15, 0.2) is 0 Å². The number of pyridine rings is 1. The average molecular weight is 600 g/mol. The lowest BCUT2D eigenvalue weighted by Gasteiger charge is -2.39. The molecule has 0 bridgehead atoms. The van der Waals surface area contributed by atoms with Gasteiger partial charge in [-0.3, -0.25) is 14.7 Å². The molecule has 5 rings (SSSR count). The largest absolute Gasteiger partial charge is 0.497 e. The summed E-state index contributed by atoms with van der Waals surface area (Å²) in [7, 11) is 1.65. The highest BCUT2D eigenvalue weighted by Crippen LogP contribution is 2.38. The number of halogens is 3. The van der Waals surface area contributed by atoms with E-state index in [0.717, 1.165) is 54.7 Å². The van der Waals surface area contributed by atoms with Crippen LogP contribution in [0, 0.1) is 22.9 Å². The Kier molecular flexibility index (Phi) is 10.2. The van der Waals surface area contributed by atoms with Gasteiger partial charge in [-0.25, -0.2) is 13.2 Å². The molecule has 0 radical (unpaired) electrons. The number of aliphatic carboxylic acids is 1. The zero-order chi connectivity index (χ0) is 30.4. The van der Waals surface area contributed by atoms with E-state index in [9.17, 15) is 23.1 Å². The lowest BCUT2D eigenvalue weighted by molar-refractivity contribution is -0.152. The van der Waals surface area contributed by atoms with E-state index in [-0.39, 0.29) is 12.0 Å². The molecule has 7 nitrogen and oxygen atoms in total. The molecule has 10 heteroatoms. The number of hydrogen-bond donors (Lipinski definition) is 1. The lowest BCUT2D eigenvalue weighted by Crippen LogP contribution is -2.44. The Morgan fingerprint density at radius 2 is 1.67 bits per heavy atom. The van der Waals surface area contributed by atoms with E-state index >= 15 is 0 Å². The van der Waals surface area contributed by atoms with Crippen LogP contribution in [0.1, 0.15) is 48.8 Å². The smallest absolute Gasteiger partial charge is 0.309 e. The first kappa shape index (κ1) is 31.2. The Bertz CT molecular complexity index is 1400. The number of fused-ring (bicyclic) bond motifs is 1. The molecule has 1 aromatic heterocycles. The van der Waals surface area contributed by atoms with Crippen molar-refractivity contribution in [3.05, 3.63) is 70.7 Å². The summed E-state index contributed by atoms with van der Waals surface area (Å²) in [6, 6.07) is 7.30. The van der Waals surface area contributed by atoms with Gasteiger partial charge in [-0.1, -0.05) is 0 Å². The molecular formula is C33H40F3N3O4. The Morgan fingerprint density at radius 1 is 0.977 bits per heavy atom. The maximum Gasteiger partial charge on any atom is 0.309 e. The minimum absolute atomic E-state index is 0.104. The highest BCUT2D eigenvalue weighted by Gasteiger charge is 2.40. The first-order chi connectivity index (χ1) is 20.8. The van der Waals surface area contributed by atoms with E-state index in [4.69, 9.17) is 14.5 Å². The highest BCUT2D eigenvalue weighted by molar-refractivity contribution is 5.84. The van der Waals surface area contributed by atoms with Crippen molar-refractivity contribution in [2.24, 2.45) is 5.41 Å². The number of rotatable bonds is 12. The van der Waals surface area contributed by atoms with Gasteiger partial charge in [-0.05, 0) is 93.9 Å². The van der Waals surface area contributed by atoms with Crippen molar-refractivity contribution in [3.63, 3.8) is 0 Å². The molecule has 0 atom stereocenters. The molecule has 2 fully saturated rings. The fourth-order valence-electron chi connectivity index (χ4n) is 6.50. The number of piperidine rings is 1. The van der Waals surface area contributed by atoms with Crippen molar-refractivity contribution >= 4 is 16.9 Å². The third kappa shape index (κ3) is 7.48. The van der Waals surface area contributed by atoms with Crippen molar-refractivity contribution in [3.8, 4) is 5.75 Å². The number of aryl methyl sites for hydroxylation is 1. The molecule has 0 unspecified atom stereocenters. The molecule has 2 aromatic carbocycles. The van der Waals surface area contributed by atoms with Gasteiger partial charge in [0, 0.05) is 48.9 Å². The predicted octanol–water partition coefficient (Wildman–Crippen LogP) is 5.62. The van der Waals surface area contributed by atoms with Crippen LogP contribution in [-0.4, -0.2) is 78.9 Å². The molecule has 3 aromatic rings. The average Bonchev–Trinajstić information content (AvgIpc) is 3.00. The Balaban J connectivity index is 1.22. The summed E-state index contributed by atoms with van der Waals surface area (Å²) >= 11 is 0. The second-order valence-electron chi connectivity index (χ2n) is 11.8. The number of benzene rings is 2. The van der Waals surface area contributed by atoms with Gasteiger partial charge < -0.3 is 19.5 Å². The predicted molar refractivity (Wildman–Crippen MR) is 158 cm³/mol. The van der Waals surface area contributed by atoms with Gasteiger partial charge in [0.25, 0.3) is 0 Å². The summed E-state index contributed by atoms with van der Waals surface area (Å²) in [5, 5.41) is 11.4. The van der Waals surface area contributed by atoms with Gasteiger partial charge in [0.05, 0.1) is 31.3 Å². The van der Waals surface area contributed by atoms with Gasteiger partial charge in [-0.15, -0.1) is 0 Å². The summed E-state index contributed by atoms with van der Waals surface area (Å²) < 4.78 is 52.2. The second-order valence-corrected chi connectivity index (χ2v) is 11.8. The Hall–Kier alpha value is -3.21. The van der Waals surface area contributed by atoms with Crippen LogP contribution in [0.15, 0.2) is 36.5 Å². The first-order valence-corrected chi connectivity index (χ1v) is 15.1. The number of morpholine rings is 1. The topological polar surface area (TPSA) is 75.1 Å². The molecule has 1 N–H and O–H groups in total. The zero-order valence-electron chi connectivity index (χ0n) is 24.7. The van der Waals surface area contributed by atoms with Crippen molar-refractivity contribution in [2.75, 3.05) is 53.0 Å². The summed E-state index contributed by atoms with van der Waals surface area (Å²) in [4.78, 5) is 21.8. The first-order valence-electron chi connectivity index (χ1n) is 15.1. The van der Waals surface area contributed by atoms with Crippen molar-refractivity contribution in [1.29, 1.82) is 0 Å². The summed E-state index contributed by atoms with van der Waals surface area (Å²) in [6.45, 7) is 5.73. The van der Waals surface area contributed by atoms with Crippen LogP contribution in [0.4, 0.5) is 13.2 Å². The number of methoxy groups -OCH3 is 1. The van der Waals surface area contributed by atoms with Gasteiger partial charge >= 0.3 is 5.97 Å². The van der Waals surface area contributed by atoms with E-state index in [0.29, 0.717) is 70.7 Å². The van der Waals surface area contributed by atoms with E-state index < -0.39 is 28.8 Å². The minimum atomic E-state index is -0.926. The summed E-state index contributed by atoms with van der Waals surface area (Å²) in [6.07, 6.45) is 5.68. The van der Waals surface area contributed by atoms with Gasteiger partial charge in [-0.2, -0.15) is 0 Å². The number of likely N-dealkylation sites (tertiary alicyclic amines) is 1. The highest BCUT2D eigenvalue weighted by atomic mass is 19.1. The number of nitrogens with zero attached hydrogens (tertiary/aromatic N) is 3. The molecule has 0 aliphatic carbocycles. The summed E-state index contributed by atoms with van der Waals surface area (Å²) in [5.74, 6) is -2.66. The maximum absolute atomic E-state index is 14.0. The number of carbonyl (C=O) groups is 1. The number of carboxylic acid groups (broad SMARTS) is 1. The fourth-order valence-corrected chi connectivity index (χ4v) is 6.50. The molecule has 0 spiro atoms. The van der Waals surface area contributed by atoms with Crippen LogP contribution in [0.3, 0.4) is 0 Å². The Labute approximate surface area is 250 Å². The van der Waals surface area contributed by atoms with Crippen LogP contribution >= 0.6 is 0 Å². The molecule has 0 saturated carbocycles. The van der Waals surface area contributed by atoms with E-state index in [1.54, 1.807) is 7.11 Å². The maximum atomic E-state index is 14.0. The summed E-state index contributed by atoms with van der Waals surface area (Å²) in [5.41, 5.74) is 2.32. The molecule has 0 amide bonds.